The van der Waals surface area contributed by atoms with Gasteiger partial charge >= 0.3 is 5.97 Å². The van der Waals surface area contributed by atoms with Crippen molar-refractivity contribution in [3.05, 3.63) is 41.6 Å². The Kier molecular flexibility index (Phi) is 3.79. The van der Waals surface area contributed by atoms with E-state index in [9.17, 15) is 4.79 Å². The highest BCUT2D eigenvalue weighted by molar-refractivity contribution is 5.89. The fourth-order valence-corrected chi connectivity index (χ4v) is 1.50. The molecule has 6 nitrogen and oxygen atoms in total. The summed E-state index contributed by atoms with van der Waals surface area (Å²) in [7, 11) is 3.87. The molecule has 0 saturated carbocycles. The van der Waals surface area contributed by atoms with Crippen molar-refractivity contribution < 1.29 is 13.9 Å². The first-order valence-corrected chi connectivity index (χ1v) is 5.80. The van der Waals surface area contributed by atoms with Gasteiger partial charge in [-0.2, -0.15) is 0 Å². The molecule has 0 N–H and O–H groups in total. The summed E-state index contributed by atoms with van der Waals surface area (Å²) in [6.07, 6.45) is 0. The monoisotopic (exact) mass is 261 g/mol. The van der Waals surface area contributed by atoms with Crippen LogP contribution in [0.15, 0.2) is 28.7 Å². The first-order chi connectivity index (χ1) is 9.06. The summed E-state index contributed by atoms with van der Waals surface area (Å²) in [4.78, 5) is 13.7. The molecule has 19 heavy (non-hydrogen) atoms. The third-order valence-electron chi connectivity index (χ3n) is 2.51. The zero-order valence-electron chi connectivity index (χ0n) is 11.1. The Morgan fingerprint density at radius 3 is 2.47 bits per heavy atom. The molecule has 1 aromatic carbocycles. The predicted octanol–water partition coefficient (Wildman–Crippen LogP) is 1.80. The van der Waals surface area contributed by atoms with Gasteiger partial charge < -0.3 is 14.1 Å². The van der Waals surface area contributed by atoms with Gasteiger partial charge in [-0.1, -0.05) is 0 Å². The molecule has 2 aromatic rings. The van der Waals surface area contributed by atoms with Crippen molar-refractivity contribution in [3.63, 3.8) is 0 Å². The molecule has 0 radical (unpaired) electrons. The van der Waals surface area contributed by atoms with Crippen LogP contribution in [-0.4, -0.2) is 30.3 Å². The van der Waals surface area contributed by atoms with E-state index in [1.165, 1.54) is 0 Å². The normalized spacial score (nSPS) is 10.3. The topological polar surface area (TPSA) is 68.5 Å². The molecule has 0 aliphatic rings. The lowest BCUT2D eigenvalue weighted by molar-refractivity contribution is 0.0437. The molecule has 0 saturated heterocycles. The molecular formula is C13H15N3O3. The second-order valence-electron chi connectivity index (χ2n) is 4.23. The lowest BCUT2D eigenvalue weighted by atomic mass is 10.2. The minimum atomic E-state index is -0.416. The van der Waals surface area contributed by atoms with Gasteiger partial charge in [-0.05, 0) is 24.3 Å². The Morgan fingerprint density at radius 1 is 1.26 bits per heavy atom. The number of nitrogens with zero attached hydrogens (tertiary/aromatic N) is 3. The standard InChI is InChI=1S/C13H15N3O3/c1-9-14-15-12(19-9)8-18-13(17)10-4-6-11(7-5-10)16(2)3/h4-7H,8H2,1-3H3. The molecule has 1 aromatic heterocycles. The molecular weight excluding hydrogens is 246 g/mol. The Morgan fingerprint density at radius 2 is 1.95 bits per heavy atom. The number of benzene rings is 1. The number of esters is 1. The number of ether oxygens (including phenoxy) is 1. The van der Waals surface area contributed by atoms with E-state index >= 15 is 0 Å². The fraction of sp³-hybridized carbons (Fsp3) is 0.308. The first kappa shape index (κ1) is 13.1. The molecule has 0 atom stereocenters. The van der Waals surface area contributed by atoms with Crippen molar-refractivity contribution in [1.29, 1.82) is 0 Å². The molecule has 0 aliphatic heterocycles. The van der Waals surface area contributed by atoms with Crippen LogP contribution < -0.4 is 4.90 Å². The largest absolute Gasteiger partial charge is 0.452 e. The number of aromatic nitrogens is 2. The Labute approximate surface area is 111 Å². The smallest absolute Gasteiger partial charge is 0.338 e. The van der Waals surface area contributed by atoms with Crippen molar-refractivity contribution in [2.24, 2.45) is 0 Å². The molecule has 0 unspecified atom stereocenters. The van der Waals surface area contributed by atoms with E-state index in [0.29, 0.717) is 11.5 Å². The SMILES string of the molecule is Cc1nnc(COC(=O)c2ccc(N(C)C)cc2)o1. The molecule has 0 spiro atoms. The second-order valence-corrected chi connectivity index (χ2v) is 4.23. The van der Waals surface area contributed by atoms with Crippen LogP contribution in [0.3, 0.4) is 0 Å². The van der Waals surface area contributed by atoms with Crippen LogP contribution in [0.1, 0.15) is 22.1 Å². The van der Waals surface area contributed by atoms with E-state index in [4.69, 9.17) is 9.15 Å². The van der Waals surface area contributed by atoms with Crippen molar-refractivity contribution >= 4 is 11.7 Å². The Hall–Kier alpha value is -2.37. The maximum Gasteiger partial charge on any atom is 0.338 e. The van der Waals surface area contributed by atoms with Crippen LogP contribution in [-0.2, 0) is 11.3 Å². The molecule has 2 rings (SSSR count). The van der Waals surface area contributed by atoms with Gasteiger partial charge in [0.2, 0.25) is 5.89 Å². The number of aryl methyl sites for hydroxylation is 1. The molecule has 0 fully saturated rings. The van der Waals surface area contributed by atoms with E-state index < -0.39 is 5.97 Å². The van der Waals surface area contributed by atoms with Crippen molar-refractivity contribution in [2.75, 3.05) is 19.0 Å². The minimum Gasteiger partial charge on any atom is -0.452 e. The average Bonchev–Trinajstić information content (AvgIpc) is 2.82. The zero-order chi connectivity index (χ0) is 13.8. The maximum atomic E-state index is 11.8. The van der Waals surface area contributed by atoms with Gasteiger partial charge in [0.15, 0.2) is 6.61 Å². The van der Waals surface area contributed by atoms with E-state index in [-0.39, 0.29) is 12.5 Å². The van der Waals surface area contributed by atoms with Crippen LogP contribution in [0.5, 0.6) is 0 Å². The third kappa shape index (κ3) is 3.31. The van der Waals surface area contributed by atoms with Crippen LogP contribution in [0.4, 0.5) is 5.69 Å². The van der Waals surface area contributed by atoms with Crippen LogP contribution in [0.25, 0.3) is 0 Å². The Balaban J connectivity index is 1.96. The fourth-order valence-electron chi connectivity index (χ4n) is 1.50. The highest BCUT2D eigenvalue weighted by Gasteiger charge is 2.10. The maximum absolute atomic E-state index is 11.8. The highest BCUT2D eigenvalue weighted by atomic mass is 16.5. The van der Waals surface area contributed by atoms with E-state index in [0.717, 1.165) is 5.69 Å². The number of carbonyl (C=O) groups is 1. The van der Waals surface area contributed by atoms with Crippen molar-refractivity contribution in [1.82, 2.24) is 10.2 Å². The number of anilines is 1. The zero-order valence-corrected chi connectivity index (χ0v) is 11.1. The lowest BCUT2D eigenvalue weighted by Crippen LogP contribution is -2.09. The molecule has 1 heterocycles. The molecule has 0 bridgehead atoms. The number of carbonyl (C=O) groups excluding carboxylic acids is 1. The number of hydrogen-bond donors (Lipinski definition) is 0. The van der Waals surface area contributed by atoms with E-state index in [1.807, 2.05) is 31.1 Å². The Bertz CT molecular complexity index is 561. The van der Waals surface area contributed by atoms with Crippen LogP contribution in [0, 0.1) is 6.92 Å². The average molecular weight is 261 g/mol. The van der Waals surface area contributed by atoms with Gasteiger partial charge in [0.25, 0.3) is 5.89 Å². The summed E-state index contributed by atoms with van der Waals surface area (Å²) in [5.41, 5.74) is 1.51. The number of hydrogen-bond acceptors (Lipinski definition) is 6. The van der Waals surface area contributed by atoms with Gasteiger partial charge in [0.1, 0.15) is 0 Å². The van der Waals surface area contributed by atoms with Gasteiger partial charge in [0, 0.05) is 26.7 Å². The van der Waals surface area contributed by atoms with E-state index in [2.05, 4.69) is 10.2 Å². The molecule has 6 heteroatoms. The second kappa shape index (κ2) is 5.51. The summed E-state index contributed by atoms with van der Waals surface area (Å²) < 4.78 is 10.2. The summed E-state index contributed by atoms with van der Waals surface area (Å²) in [5, 5.41) is 7.40. The molecule has 0 aliphatic carbocycles. The van der Waals surface area contributed by atoms with Gasteiger partial charge in [-0.15, -0.1) is 10.2 Å². The van der Waals surface area contributed by atoms with Crippen molar-refractivity contribution in [3.8, 4) is 0 Å². The van der Waals surface area contributed by atoms with Crippen LogP contribution >= 0.6 is 0 Å². The minimum absolute atomic E-state index is 0.0187. The van der Waals surface area contributed by atoms with Gasteiger partial charge in [-0.3, -0.25) is 0 Å². The van der Waals surface area contributed by atoms with E-state index in [1.54, 1.807) is 19.1 Å². The van der Waals surface area contributed by atoms with Crippen molar-refractivity contribution in [2.45, 2.75) is 13.5 Å². The third-order valence-corrected chi connectivity index (χ3v) is 2.51. The first-order valence-electron chi connectivity index (χ1n) is 5.80. The summed E-state index contributed by atoms with van der Waals surface area (Å²) in [5.74, 6) is 0.318. The quantitative estimate of drug-likeness (QED) is 0.782. The van der Waals surface area contributed by atoms with Gasteiger partial charge in [-0.25, -0.2) is 4.79 Å². The number of rotatable bonds is 4. The predicted molar refractivity (Wildman–Crippen MR) is 68.9 cm³/mol. The summed E-state index contributed by atoms with van der Waals surface area (Å²) in [6.45, 7) is 1.66. The summed E-state index contributed by atoms with van der Waals surface area (Å²) >= 11 is 0. The lowest BCUT2D eigenvalue weighted by Gasteiger charge is -2.12. The van der Waals surface area contributed by atoms with Gasteiger partial charge in [0.05, 0.1) is 5.56 Å². The summed E-state index contributed by atoms with van der Waals surface area (Å²) in [6, 6.07) is 7.15. The molecule has 100 valence electrons. The highest BCUT2D eigenvalue weighted by Crippen LogP contribution is 2.13. The van der Waals surface area contributed by atoms with Crippen LogP contribution in [0.2, 0.25) is 0 Å². The molecule has 0 amide bonds.